The Morgan fingerprint density at radius 3 is 2.50 bits per heavy atom. The van der Waals surface area contributed by atoms with Crippen LogP contribution in [0.15, 0.2) is 18.3 Å². The number of hydrogen-bond donors (Lipinski definition) is 1. The summed E-state index contributed by atoms with van der Waals surface area (Å²) >= 11 is 0. The number of pyridine rings is 1. The summed E-state index contributed by atoms with van der Waals surface area (Å²) in [4.78, 5) is 5.53. The molecule has 3 nitrogen and oxygen atoms in total. The van der Waals surface area contributed by atoms with Gasteiger partial charge in [-0.15, -0.1) is 0 Å². The Labute approximate surface area is 104 Å². The molecule has 6 heteroatoms. The number of rotatable bonds is 5. The molecule has 0 unspecified atom stereocenters. The predicted molar refractivity (Wildman–Crippen MR) is 63.4 cm³/mol. The molecule has 1 heterocycles. The maximum absolute atomic E-state index is 12.1. The van der Waals surface area contributed by atoms with Gasteiger partial charge in [-0.05, 0) is 18.6 Å². The molecule has 1 rings (SSSR count). The van der Waals surface area contributed by atoms with Crippen molar-refractivity contribution in [1.29, 1.82) is 0 Å². The van der Waals surface area contributed by atoms with E-state index in [9.17, 15) is 18.3 Å². The van der Waals surface area contributed by atoms with Gasteiger partial charge in [0.25, 0.3) is 0 Å². The summed E-state index contributed by atoms with van der Waals surface area (Å²) in [6.45, 7) is 1.72. The third kappa shape index (κ3) is 4.52. The molecule has 0 amide bonds. The minimum Gasteiger partial charge on any atom is -0.387 e. The number of nitrogens with zero attached hydrogens (tertiary/aromatic N) is 2. The van der Waals surface area contributed by atoms with Gasteiger partial charge in [0.15, 0.2) is 0 Å². The van der Waals surface area contributed by atoms with Gasteiger partial charge in [0, 0.05) is 13.6 Å². The number of hydrogen-bond acceptors (Lipinski definition) is 3. The summed E-state index contributed by atoms with van der Waals surface area (Å²) in [5.41, 5.74) is 1.14. The second-order valence-corrected chi connectivity index (χ2v) is 4.15. The van der Waals surface area contributed by atoms with Crippen LogP contribution in [-0.2, 0) is 0 Å². The van der Waals surface area contributed by atoms with Crippen molar-refractivity contribution in [3.63, 3.8) is 0 Å². The third-order valence-corrected chi connectivity index (χ3v) is 2.67. The molecular weight excluding hydrogens is 245 g/mol. The van der Waals surface area contributed by atoms with Gasteiger partial charge in [-0.2, -0.15) is 13.2 Å². The van der Waals surface area contributed by atoms with Crippen LogP contribution in [-0.4, -0.2) is 29.9 Å². The molecule has 0 radical (unpaired) electrons. The van der Waals surface area contributed by atoms with E-state index in [0.717, 1.165) is 0 Å². The number of anilines is 1. The van der Waals surface area contributed by atoms with Gasteiger partial charge >= 0.3 is 6.18 Å². The SMILES string of the molecule is CC[C@H](O)c1ccc(N(C)CCC(F)(F)F)cn1. The van der Waals surface area contributed by atoms with Crippen LogP contribution < -0.4 is 4.90 Å². The molecule has 0 saturated carbocycles. The highest BCUT2D eigenvalue weighted by molar-refractivity contribution is 5.43. The van der Waals surface area contributed by atoms with E-state index in [0.29, 0.717) is 17.8 Å². The molecule has 0 saturated heterocycles. The van der Waals surface area contributed by atoms with Gasteiger partial charge in [-0.25, -0.2) is 0 Å². The highest BCUT2D eigenvalue weighted by Gasteiger charge is 2.27. The van der Waals surface area contributed by atoms with Crippen molar-refractivity contribution in [2.75, 3.05) is 18.5 Å². The van der Waals surface area contributed by atoms with Crippen LogP contribution in [0.1, 0.15) is 31.6 Å². The molecule has 1 atom stereocenters. The Bertz CT molecular complexity index is 365. The predicted octanol–water partition coefficient (Wildman–Crippen LogP) is 2.91. The molecule has 0 bridgehead atoms. The number of alkyl halides is 3. The average molecular weight is 262 g/mol. The Morgan fingerprint density at radius 1 is 1.39 bits per heavy atom. The maximum atomic E-state index is 12.1. The Hall–Kier alpha value is -1.30. The quantitative estimate of drug-likeness (QED) is 0.886. The first kappa shape index (κ1) is 14.8. The molecule has 0 aliphatic heterocycles. The van der Waals surface area contributed by atoms with Crippen LogP contribution in [0.3, 0.4) is 0 Å². The zero-order valence-corrected chi connectivity index (χ0v) is 10.4. The van der Waals surface area contributed by atoms with Crippen molar-refractivity contribution in [2.24, 2.45) is 0 Å². The monoisotopic (exact) mass is 262 g/mol. The van der Waals surface area contributed by atoms with E-state index in [1.54, 1.807) is 19.2 Å². The van der Waals surface area contributed by atoms with Gasteiger partial charge in [0.05, 0.1) is 30.1 Å². The van der Waals surface area contributed by atoms with Crippen molar-refractivity contribution < 1.29 is 18.3 Å². The van der Waals surface area contributed by atoms with Crippen LogP contribution >= 0.6 is 0 Å². The largest absolute Gasteiger partial charge is 0.390 e. The number of aliphatic hydroxyl groups is 1. The number of aliphatic hydroxyl groups excluding tert-OH is 1. The number of halogens is 3. The van der Waals surface area contributed by atoms with E-state index in [2.05, 4.69) is 4.98 Å². The van der Waals surface area contributed by atoms with Crippen molar-refractivity contribution in [1.82, 2.24) is 4.98 Å². The summed E-state index contributed by atoms with van der Waals surface area (Å²) in [5.74, 6) is 0. The lowest BCUT2D eigenvalue weighted by molar-refractivity contribution is -0.132. The molecular formula is C12H17F3N2O. The Morgan fingerprint density at radius 2 is 2.06 bits per heavy atom. The lowest BCUT2D eigenvalue weighted by atomic mass is 10.2. The van der Waals surface area contributed by atoms with Gasteiger partial charge in [0.2, 0.25) is 0 Å². The number of aromatic nitrogens is 1. The van der Waals surface area contributed by atoms with E-state index in [4.69, 9.17) is 0 Å². The molecule has 0 aromatic carbocycles. The molecule has 102 valence electrons. The molecule has 18 heavy (non-hydrogen) atoms. The van der Waals surface area contributed by atoms with Crippen LogP contribution in [0.5, 0.6) is 0 Å². The van der Waals surface area contributed by atoms with E-state index in [-0.39, 0.29) is 6.54 Å². The smallest absolute Gasteiger partial charge is 0.387 e. The molecule has 0 fully saturated rings. The topological polar surface area (TPSA) is 36.4 Å². The summed E-state index contributed by atoms with van der Waals surface area (Å²) in [6.07, 6.45) is -3.61. The summed E-state index contributed by atoms with van der Waals surface area (Å²) in [5, 5.41) is 9.54. The Kier molecular flexibility index (Phi) is 4.95. The van der Waals surface area contributed by atoms with Crippen molar-refractivity contribution in [3.8, 4) is 0 Å². The van der Waals surface area contributed by atoms with Crippen molar-refractivity contribution in [2.45, 2.75) is 32.0 Å². The average Bonchev–Trinajstić information content (AvgIpc) is 2.34. The molecule has 0 spiro atoms. The molecule has 0 aliphatic rings. The Balaban J connectivity index is 2.62. The summed E-state index contributed by atoms with van der Waals surface area (Å²) in [7, 11) is 1.58. The van der Waals surface area contributed by atoms with Gasteiger partial charge < -0.3 is 10.0 Å². The van der Waals surface area contributed by atoms with Gasteiger partial charge in [-0.1, -0.05) is 6.92 Å². The minimum atomic E-state index is -4.15. The van der Waals surface area contributed by atoms with Crippen molar-refractivity contribution in [3.05, 3.63) is 24.0 Å². The molecule has 0 aliphatic carbocycles. The first-order valence-electron chi connectivity index (χ1n) is 5.75. The zero-order chi connectivity index (χ0) is 13.8. The normalized spacial score (nSPS) is 13.4. The first-order chi connectivity index (χ1) is 8.33. The minimum absolute atomic E-state index is 0.110. The van der Waals surface area contributed by atoms with E-state index < -0.39 is 18.7 Å². The van der Waals surface area contributed by atoms with Crippen LogP contribution in [0.2, 0.25) is 0 Å². The van der Waals surface area contributed by atoms with Gasteiger partial charge in [-0.3, -0.25) is 4.98 Å². The standard InChI is InChI=1S/C12H17F3N2O/c1-3-11(18)10-5-4-9(8-16-10)17(2)7-6-12(13,14)15/h4-5,8,11,18H,3,6-7H2,1-2H3/t11-/m0/s1. The second kappa shape index (κ2) is 6.04. The fraction of sp³-hybridized carbons (Fsp3) is 0.583. The fourth-order valence-electron chi connectivity index (χ4n) is 1.45. The zero-order valence-electron chi connectivity index (χ0n) is 10.4. The van der Waals surface area contributed by atoms with Crippen LogP contribution in [0.25, 0.3) is 0 Å². The third-order valence-electron chi connectivity index (χ3n) is 2.67. The lowest BCUT2D eigenvalue weighted by Crippen LogP contribution is -2.24. The van der Waals surface area contributed by atoms with E-state index in [1.807, 2.05) is 6.92 Å². The molecule has 1 aromatic heterocycles. The van der Waals surface area contributed by atoms with Crippen LogP contribution in [0, 0.1) is 0 Å². The highest BCUT2D eigenvalue weighted by atomic mass is 19.4. The lowest BCUT2D eigenvalue weighted by Gasteiger charge is -2.20. The fourth-order valence-corrected chi connectivity index (χ4v) is 1.45. The van der Waals surface area contributed by atoms with E-state index in [1.165, 1.54) is 11.1 Å². The second-order valence-electron chi connectivity index (χ2n) is 4.15. The van der Waals surface area contributed by atoms with Crippen LogP contribution in [0.4, 0.5) is 18.9 Å². The molecule has 1 N–H and O–H groups in total. The summed E-state index contributed by atoms with van der Waals surface area (Å²) in [6, 6.07) is 3.30. The maximum Gasteiger partial charge on any atom is 0.390 e. The van der Waals surface area contributed by atoms with Gasteiger partial charge in [0.1, 0.15) is 0 Å². The summed E-state index contributed by atoms with van der Waals surface area (Å²) < 4.78 is 36.2. The molecule has 1 aromatic rings. The van der Waals surface area contributed by atoms with Crippen molar-refractivity contribution >= 4 is 5.69 Å². The van der Waals surface area contributed by atoms with E-state index >= 15 is 0 Å². The highest BCUT2D eigenvalue weighted by Crippen LogP contribution is 2.22. The first-order valence-corrected chi connectivity index (χ1v) is 5.75.